The van der Waals surface area contributed by atoms with Gasteiger partial charge in [-0.25, -0.2) is 38.4 Å². The van der Waals surface area contributed by atoms with Crippen LogP contribution in [0.5, 0.6) is 0 Å². The predicted octanol–water partition coefficient (Wildman–Crippen LogP) is 10.3. The van der Waals surface area contributed by atoms with E-state index in [4.69, 9.17) is 56.8 Å². The van der Waals surface area contributed by atoms with Gasteiger partial charge in [0.25, 0.3) is 0 Å². The van der Waals surface area contributed by atoms with Crippen LogP contribution in [0.25, 0.3) is 0 Å². The molecule has 0 aliphatic carbocycles. The fourth-order valence-corrected chi connectivity index (χ4v) is 9.95. The smallest absolute Gasteiger partial charge is 0.338 e. The first-order valence-electron chi connectivity index (χ1n) is 29.5. The van der Waals surface area contributed by atoms with Gasteiger partial charge in [-0.05, 0) is 110 Å². The first kappa shape index (κ1) is 64.3. The van der Waals surface area contributed by atoms with Crippen molar-refractivity contribution in [2.45, 2.75) is 80.9 Å². The highest BCUT2D eigenvalue weighted by Crippen LogP contribution is 2.35. The summed E-state index contributed by atoms with van der Waals surface area (Å²) < 4.78 is 75.3. The molecule has 0 radical (unpaired) electrons. The van der Waals surface area contributed by atoms with Gasteiger partial charge in [-0.2, -0.15) is 0 Å². The summed E-state index contributed by atoms with van der Waals surface area (Å²) >= 11 is 0. The molecular formula is C72H62O20. The van der Waals surface area contributed by atoms with Crippen molar-refractivity contribution < 1.29 is 95.2 Å². The van der Waals surface area contributed by atoms with Gasteiger partial charge in [0.15, 0.2) is 49.2 Å². The average molecular weight is 1250 g/mol. The minimum absolute atomic E-state index is 0.0716. The number of esters is 8. The Morgan fingerprint density at radius 2 is 0.533 bits per heavy atom. The Hall–Kier alpha value is -10.6. The van der Waals surface area contributed by atoms with Crippen LogP contribution in [0.2, 0.25) is 0 Å². The predicted molar refractivity (Wildman–Crippen MR) is 326 cm³/mol. The summed E-state index contributed by atoms with van der Waals surface area (Å²) in [4.78, 5) is 113. The maximum absolute atomic E-state index is 14.3. The third kappa shape index (κ3) is 17.0. The molecule has 0 N–H and O–H groups in total. The van der Waals surface area contributed by atoms with Crippen LogP contribution in [-0.4, -0.2) is 135 Å². The van der Waals surface area contributed by atoms with E-state index in [1.165, 1.54) is 97.1 Å². The van der Waals surface area contributed by atoms with E-state index in [2.05, 4.69) is 0 Å². The number of carbonyl (C=O) groups is 8. The molecule has 0 aromatic heterocycles. The molecule has 2 aliphatic heterocycles. The largest absolute Gasteiger partial charge is 0.459 e. The maximum atomic E-state index is 14.3. The molecule has 0 saturated carbocycles. The van der Waals surface area contributed by atoms with Crippen LogP contribution in [0.4, 0.5) is 0 Å². The molecule has 8 aromatic carbocycles. The Morgan fingerprint density at radius 1 is 0.304 bits per heavy atom. The van der Waals surface area contributed by atoms with Crippen LogP contribution >= 0.6 is 0 Å². The van der Waals surface area contributed by atoms with Gasteiger partial charge in [0.1, 0.15) is 25.4 Å². The van der Waals surface area contributed by atoms with Gasteiger partial charge < -0.3 is 56.8 Å². The molecule has 470 valence electrons. The van der Waals surface area contributed by atoms with Crippen LogP contribution in [-0.2, 0) is 56.8 Å². The van der Waals surface area contributed by atoms with E-state index in [1.807, 2.05) is 0 Å². The summed E-state index contributed by atoms with van der Waals surface area (Å²) in [5.74, 6) is -7.05. The van der Waals surface area contributed by atoms with Gasteiger partial charge in [0.2, 0.25) is 0 Å². The number of hydrogen-bond donors (Lipinski definition) is 0. The first-order valence-corrected chi connectivity index (χ1v) is 29.5. The van der Waals surface area contributed by atoms with E-state index in [9.17, 15) is 38.4 Å². The number of ether oxygens (including phenoxy) is 12. The highest BCUT2D eigenvalue weighted by molar-refractivity contribution is 5.93. The minimum atomic E-state index is -1.74. The van der Waals surface area contributed by atoms with E-state index in [-0.39, 0.29) is 57.5 Å². The van der Waals surface area contributed by atoms with Crippen molar-refractivity contribution in [3.63, 3.8) is 0 Å². The summed E-state index contributed by atoms with van der Waals surface area (Å²) in [5.41, 5.74) is 0.823. The summed E-state index contributed by atoms with van der Waals surface area (Å²) in [6.07, 6.45) is -17.8. The minimum Gasteiger partial charge on any atom is -0.459 e. The number of rotatable bonds is 24. The lowest BCUT2D eigenvalue weighted by Gasteiger charge is -2.45. The van der Waals surface area contributed by atoms with Gasteiger partial charge in [0.05, 0.1) is 57.2 Å². The third-order valence-corrected chi connectivity index (χ3v) is 14.6. The van der Waals surface area contributed by atoms with Gasteiger partial charge in [-0.3, -0.25) is 0 Å². The van der Waals surface area contributed by atoms with Crippen LogP contribution in [0.15, 0.2) is 243 Å². The summed E-state index contributed by atoms with van der Waals surface area (Å²) in [6.45, 7) is 0.000658. The molecule has 2 heterocycles. The monoisotopic (exact) mass is 1250 g/mol. The fraction of sp³-hybridized carbons (Fsp3) is 0.222. The second-order valence-electron chi connectivity index (χ2n) is 21.0. The van der Waals surface area contributed by atoms with Gasteiger partial charge in [-0.15, -0.1) is 0 Å². The fourth-order valence-electron chi connectivity index (χ4n) is 9.95. The Balaban J connectivity index is 0.986. The zero-order valence-electron chi connectivity index (χ0n) is 49.4. The van der Waals surface area contributed by atoms with Crippen molar-refractivity contribution >= 4 is 47.8 Å². The van der Waals surface area contributed by atoms with Gasteiger partial charge in [-0.1, -0.05) is 146 Å². The molecule has 92 heavy (non-hydrogen) atoms. The van der Waals surface area contributed by atoms with Gasteiger partial charge in [0, 0.05) is 0 Å². The molecule has 0 bridgehead atoms. The molecule has 2 aliphatic rings. The molecule has 20 heteroatoms. The van der Waals surface area contributed by atoms with Crippen LogP contribution in [0.1, 0.15) is 96.2 Å². The Kier molecular flexibility index (Phi) is 22.2. The molecule has 8 aromatic rings. The second kappa shape index (κ2) is 31.7. The maximum Gasteiger partial charge on any atom is 0.338 e. The van der Waals surface area contributed by atoms with Crippen LogP contribution in [0.3, 0.4) is 0 Å². The van der Waals surface area contributed by atoms with E-state index in [0.29, 0.717) is 0 Å². The Bertz CT molecular complexity index is 3740. The highest BCUT2D eigenvalue weighted by atomic mass is 16.8. The molecule has 0 spiro atoms. The summed E-state index contributed by atoms with van der Waals surface area (Å²) in [7, 11) is 0. The molecule has 11 atom stereocenters. The molecule has 0 amide bonds. The van der Waals surface area contributed by atoms with Gasteiger partial charge >= 0.3 is 47.8 Å². The third-order valence-electron chi connectivity index (χ3n) is 14.6. The SMILES string of the molecule is C[C@@H](CCO[C@H]1O[C@H](COC(=O)c2ccccc2)[C@@H](OC(=O)c2ccccc2)[C@H](OC(=O)c2ccccc2)[C@@H]1OC(=O)c1ccccc1)O[C@H]1O[C@H](COC(=O)c2ccccc2)[C@@H](OC(=O)c2ccccc2)[C@H](OC(=O)c2ccccc2)[C@@H]1OC(=O)c1ccccc1. The lowest BCUT2D eigenvalue weighted by atomic mass is 9.97. The van der Waals surface area contributed by atoms with Crippen LogP contribution in [0, 0.1) is 0 Å². The zero-order chi connectivity index (χ0) is 64.2. The number of hydrogen-bond acceptors (Lipinski definition) is 20. The molecule has 20 nitrogen and oxygen atoms in total. The lowest BCUT2D eigenvalue weighted by molar-refractivity contribution is -0.312. The van der Waals surface area contributed by atoms with Crippen molar-refractivity contribution in [1.82, 2.24) is 0 Å². The molecule has 10 rings (SSSR count). The van der Waals surface area contributed by atoms with Crippen molar-refractivity contribution in [2.24, 2.45) is 0 Å². The number of carbonyl (C=O) groups excluding carboxylic acids is 8. The van der Waals surface area contributed by atoms with Crippen molar-refractivity contribution in [3.8, 4) is 0 Å². The average Bonchev–Trinajstić information content (AvgIpc) is 0.875. The van der Waals surface area contributed by atoms with E-state index in [1.54, 1.807) is 153 Å². The summed E-state index contributed by atoms with van der Waals surface area (Å²) in [5, 5.41) is 0. The van der Waals surface area contributed by atoms with Crippen LogP contribution < -0.4 is 0 Å². The topological polar surface area (TPSA) is 247 Å². The quantitative estimate of drug-likeness (QED) is 0.0403. The normalized spacial score (nSPS) is 21.1. The Morgan fingerprint density at radius 3 is 0.815 bits per heavy atom. The number of benzene rings is 8. The Labute approximate surface area is 528 Å². The van der Waals surface area contributed by atoms with Crippen molar-refractivity contribution in [2.75, 3.05) is 19.8 Å². The molecule has 0 unspecified atom stereocenters. The van der Waals surface area contributed by atoms with Crippen molar-refractivity contribution in [3.05, 3.63) is 287 Å². The first-order chi connectivity index (χ1) is 44.9. The van der Waals surface area contributed by atoms with E-state index >= 15 is 0 Å². The lowest BCUT2D eigenvalue weighted by Crippen LogP contribution is -2.63. The molecule has 2 saturated heterocycles. The summed E-state index contributed by atoms with van der Waals surface area (Å²) in [6, 6.07) is 63.4. The van der Waals surface area contributed by atoms with Crippen molar-refractivity contribution in [1.29, 1.82) is 0 Å². The molecular weight excluding hydrogens is 1180 g/mol. The molecule has 2 fully saturated rings. The zero-order valence-corrected chi connectivity index (χ0v) is 49.4. The van der Waals surface area contributed by atoms with E-state index < -0.39 is 128 Å². The second-order valence-corrected chi connectivity index (χ2v) is 21.0. The standard InChI is InChI=1S/C72H62O20/c1-46(84-72-62(92-70(80)54-40-24-9-25-41-54)60(90-68(78)52-36-20-7-21-37-52)58(88-66(76)50-32-16-5-17-33-50)56(86-72)45-83-64(74)48-28-12-3-13-29-48)42-43-81-71-61(91-69(79)53-38-22-8-23-39-53)59(89-67(77)51-34-18-6-19-35-51)57(87-65(75)49-30-14-4-15-31-49)55(85-71)44-82-63(73)47-26-10-2-11-27-47/h2-41,46,55-62,71-72H,42-45H2,1H3/t46-,55+,56+,57+,58+,59-,60-,61-,62-,71-,72-/m0/s1. The highest BCUT2D eigenvalue weighted by Gasteiger charge is 2.56. The van der Waals surface area contributed by atoms with E-state index in [0.717, 1.165) is 0 Å².